The molecule has 0 fully saturated rings. The zero-order valence-corrected chi connectivity index (χ0v) is 19.0. The maximum Gasteiger partial charge on any atom is 0.234 e. The summed E-state index contributed by atoms with van der Waals surface area (Å²) in [5, 5.41) is 14.6. The molecule has 2 N–H and O–H groups in total. The molecule has 1 heterocycles. The van der Waals surface area contributed by atoms with Crippen LogP contribution in [0, 0.1) is 6.92 Å². The van der Waals surface area contributed by atoms with Crippen molar-refractivity contribution in [3.05, 3.63) is 65.5 Å². The van der Waals surface area contributed by atoms with Gasteiger partial charge in [0.1, 0.15) is 5.82 Å². The maximum absolute atomic E-state index is 12.4. The highest BCUT2D eigenvalue weighted by Gasteiger charge is 2.15. The Labute approximate surface area is 186 Å². The number of benzene rings is 2. The van der Waals surface area contributed by atoms with E-state index in [1.54, 1.807) is 11.6 Å². The Morgan fingerprint density at radius 3 is 2.39 bits per heavy atom. The zero-order chi connectivity index (χ0) is 22.4. The molecular formula is C23H27N5O2S. The van der Waals surface area contributed by atoms with Gasteiger partial charge in [-0.3, -0.25) is 9.59 Å². The molecule has 1 aromatic heterocycles. The summed E-state index contributed by atoms with van der Waals surface area (Å²) in [7, 11) is 1.79. The number of carbonyl (C=O) groups excluding carboxylic acids is 2. The largest absolute Gasteiger partial charge is 0.325 e. The van der Waals surface area contributed by atoms with Gasteiger partial charge in [-0.1, -0.05) is 55.9 Å². The number of hydrogen-bond donors (Lipinski definition) is 2. The van der Waals surface area contributed by atoms with E-state index in [1.165, 1.54) is 17.3 Å². The number of nitrogens with one attached hydrogen (secondary N) is 2. The summed E-state index contributed by atoms with van der Waals surface area (Å²) in [6.07, 6.45) is 0.104. The van der Waals surface area contributed by atoms with Crippen molar-refractivity contribution in [2.24, 2.45) is 7.05 Å². The first-order valence-corrected chi connectivity index (χ1v) is 11.1. The third-order valence-corrected chi connectivity index (χ3v) is 5.88. The molecule has 3 rings (SSSR count). The predicted octanol–water partition coefficient (Wildman–Crippen LogP) is 4.16. The number of amides is 2. The lowest BCUT2D eigenvalue weighted by Gasteiger charge is -2.09. The SMILES string of the molecule is Cc1ccccc1NC(=O)Cc1nnc(SCC(=O)Nc2ccc(C(C)C)cc2)n1C. The smallest absolute Gasteiger partial charge is 0.234 e. The van der Waals surface area contributed by atoms with E-state index >= 15 is 0 Å². The quantitative estimate of drug-likeness (QED) is 0.517. The molecule has 0 radical (unpaired) electrons. The summed E-state index contributed by atoms with van der Waals surface area (Å²) in [4.78, 5) is 24.6. The van der Waals surface area contributed by atoms with Gasteiger partial charge in [-0.2, -0.15) is 0 Å². The Bertz CT molecular complexity index is 1060. The van der Waals surface area contributed by atoms with E-state index in [0.29, 0.717) is 16.9 Å². The molecule has 0 unspecified atom stereocenters. The van der Waals surface area contributed by atoms with Crippen LogP contribution in [0.2, 0.25) is 0 Å². The minimum absolute atomic E-state index is 0.104. The molecule has 0 bridgehead atoms. The van der Waals surface area contributed by atoms with Crippen molar-refractivity contribution >= 4 is 35.0 Å². The molecule has 2 amide bonds. The Hall–Kier alpha value is -3.13. The zero-order valence-electron chi connectivity index (χ0n) is 18.2. The average Bonchev–Trinajstić information content (AvgIpc) is 3.08. The molecule has 0 aliphatic rings. The number of hydrogen-bond acceptors (Lipinski definition) is 5. The molecule has 8 heteroatoms. The van der Waals surface area contributed by atoms with Gasteiger partial charge >= 0.3 is 0 Å². The van der Waals surface area contributed by atoms with Crippen LogP contribution in [0.25, 0.3) is 0 Å². The molecule has 7 nitrogen and oxygen atoms in total. The Balaban J connectivity index is 1.52. The van der Waals surface area contributed by atoms with Crippen molar-refractivity contribution in [1.29, 1.82) is 0 Å². The minimum Gasteiger partial charge on any atom is -0.325 e. The van der Waals surface area contributed by atoms with Crippen molar-refractivity contribution in [3.63, 3.8) is 0 Å². The molecule has 162 valence electrons. The Kier molecular flexibility index (Phi) is 7.46. The predicted molar refractivity (Wildman–Crippen MR) is 124 cm³/mol. The first-order valence-electron chi connectivity index (χ1n) is 10.1. The molecule has 0 aliphatic carbocycles. The molecule has 0 aliphatic heterocycles. The van der Waals surface area contributed by atoms with E-state index in [0.717, 1.165) is 16.9 Å². The van der Waals surface area contributed by atoms with E-state index in [2.05, 4.69) is 34.7 Å². The summed E-state index contributed by atoms with van der Waals surface area (Å²) in [6, 6.07) is 15.5. The van der Waals surface area contributed by atoms with Gasteiger partial charge in [0.2, 0.25) is 11.8 Å². The fourth-order valence-corrected chi connectivity index (χ4v) is 3.68. The third-order valence-electron chi connectivity index (χ3n) is 4.86. The van der Waals surface area contributed by atoms with E-state index in [1.807, 2.05) is 55.5 Å². The second kappa shape index (κ2) is 10.3. The van der Waals surface area contributed by atoms with Gasteiger partial charge in [0, 0.05) is 18.4 Å². The molecule has 31 heavy (non-hydrogen) atoms. The summed E-state index contributed by atoms with van der Waals surface area (Å²) >= 11 is 1.28. The van der Waals surface area contributed by atoms with E-state index in [9.17, 15) is 9.59 Å². The van der Waals surface area contributed by atoms with Crippen molar-refractivity contribution in [3.8, 4) is 0 Å². The van der Waals surface area contributed by atoms with Crippen LogP contribution >= 0.6 is 11.8 Å². The summed E-state index contributed by atoms with van der Waals surface area (Å²) in [5.41, 5.74) is 3.77. The monoisotopic (exact) mass is 437 g/mol. The highest BCUT2D eigenvalue weighted by atomic mass is 32.2. The summed E-state index contributed by atoms with van der Waals surface area (Å²) in [5.74, 6) is 0.906. The highest BCUT2D eigenvalue weighted by molar-refractivity contribution is 7.99. The van der Waals surface area contributed by atoms with E-state index in [4.69, 9.17) is 0 Å². The van der Waals surface area contributed by atoms with Crippen LogP contribution in [0.15, 0.2) is 53.7 Å². The number of para-hydroxylation sites is 1. The Morgan fingerprint density at radius 2 is 1.71 bits per heavy atom. The number of nitrogens with zero attached hydrogens (tertiary/aromatic N) is 3. The first kappa shape index (κ1) is 22.6. The second-order valence-corrected chi connectivity index (χ2v) is 8.55. The van der Waals surface area contributed by atoms with Gasteiger partial charge in [0.15, 0.2) is 5.16 Å². The molecule has 0 saturated heterocycles. The molecular weight excluding hydrogens is 410 g/mol. The number of thioether (sulfide) groups is 1. The minimum atomic E-state index is -0.163. The van der Waals surface area contributed by atoms with Gasteiger partial charge in [0.05, 0.1) is 12.2 Å². The number of anilines is 2. The third kappa shape index (κ3) is 6.18. The average molecular weight is 438 g/mol. The normalized spacial score (nSPS) is 10.9. The van der Waals surface area contributed by atoms with Gasteiger partial charge in [-0.25, -0.2) is 0 Å². The lowest BCUT2D eigenvalue weighted by molar-refractivity contribution is -0.116. The second-order valence-electron chi connectivity index (χ2n) is 7.61. The highest BCUT2D eigenvalue weighted by Crippen LogP contribution is 2.19. The molecule has 3 aromatic rings. The van der Waals surface area contributed by atoms with Crippen molar-refractivity contribution in [2.45, 2.75) is 38.3 Å². The summed E-state index contributed by atoms with van der Waals surface area (Å²) in [6.45, 7) is 6.20. The first-order chi connectivity index (χ1) is 14.8. The van der Waals surface area contributed by atoms with Gasteiger partial charge < -0.3 is 15.2 Å². The van der Waals surface area contributed by atoms with Crippen LogP contribution in [-0.4, -0.2) is 32.3 Å². The summed E-state index contributed by atoms with van der Waals surface area (Å²) < 4.78 is 1.74. The van der Waals surface area contributed by atoms with Crippen LogP contribution < -0.4 is 10.6 Å². The molecule has 2 aromatic carbocycles. The van der Waals surface area contributed by atoms with Gasteiger partial charge in [-0.15, -0.1) is 10.2 Å². The van der Waals surface area contributed by atoms with Crippen molar-refractivity contribution in [2.75, 3.05) is 16.4 Å². The molecule has 0 saturated carbocycles. The van der Waals surface area contributed by atoms with E-state index < -0.39 is 0 Å². The number of rotatable bonds is 8. The van der Waals surface area contributed by atoms with Crippen LogP contribution in [0.4, 0.5) is 11.4 Å². The van der Waals surface area contributed by atoms with Crippen LogP contribution in [0.1, 0.15) is 36.7 Å². The number of aromatic nitrogens is 3. The standard InChI is InChI=1S/C23H27N5O2S/c1-15(2)17-9-11-18(12-10-17)24-22(30)14-31-23-27-26-20(28(23)4)13-21(29)25-19-8-6-5-7-16(19)3/h5-12,15H,13-14H2,1-4H3,(H,24,30)(H,25,29). The lowest BCUT2D eigenvalue weighted by Crippen LogP contribution is -2.17. The fourth-order valence-electron chi connectivity index (χ4n) is 2.95. The topological polar surface area (TPSA) is 88.9 Å². The lowest BCUT2D eigenvalue weighted by atomic mass is 10.0. The number of aryl methyl sites for hydroxylation is 1. The van der Waals surface area contributed by atoms with Crippen LogP contribution in [0.5, 0.6) is 0 Å². The van der Waals surface area contributed by atoms with Crippen LogP contribution in [0.3, 0.4) is 0 Å². The van der Waals surface area contributed by atoms with Crippen molar-refractivity contribution < 1.29 is 9.59 Å². The molecule has 0 spiro atoms. The van der Waals surface area contributed by atoms with E-state index in [-0.39, 0.29) is 24.0 Å². The van der Waals surface area contributed by atoms with Crippen molar-refractivity contribution in [1.82, 2.24) is 14.8 Å². The van der Waals surface area contributed by atoms with Gasteiger partial charge in [-0.05, 0) is 42.2 Å². The Morgan fingerprint density at radius 1 is 1.00 bits per heavy atom. The molecule has 0 atom stereocenters. The van der Waals surface area contributed by atoms with Crippen LogP contribution in [-0.2, 0) is 23.1 Å². The fraction of sp³-hybridized carbons (Fsp3) is 0.304. The van der Waals surface area contributed by atoms with Gasteiger partial charge in [0.25, 0.3) is 0 Å². The number of carbonyl (C=O) groups is 2. The maximum atomic E-state index is 12.4.